The second kappa shape index (κ2) is 6.82. The van der Waals surface area contributed by atoms with Gasteiger partial charge in [-0.3, -0.25) is 0 Å². The quantitative estimate of drug-likeness (QED) is 0.508. The van der Waals surface area contributed by atoms with Gasteiger partial charge in [0.05, 0.1) is 0 Å². The molecule has 5 heteroatoms. The predicted octanol–water partition coefficient (Wildman–Crippen LogP) is 1.51. The zero-order valence-corrected chi connectivity index (χ0v) is 14.4. The molecule has 1 aromatic heterocycles. The Kier molecular flexibility index (Phi) is 4.83. The van der Waals surface area contributed by atoms with Gasteiger partial charge >= 0.3 is 134 Å². The molecule has 2 bridgehead atoms. The van der Waals surface area contributed by atoms with Crippen molar-refractivity contribution in [3.05, 3.63) is 30.1 Å². The van der Waals surface area contributed by atoms with Gasteiger partial charge in [0.15, 0.2) is 0 Å². The Labute approximate surface area is 134 Å². The topological polar surface area (TPSA) is 40.5 Å². The number of hydrogen-bond acceptors (Lipinski definition) is 4. The number of hydrazone groups is 1. The fourth-order valence-electron chi connectivity index (χ4n) is 3.31. The van der Waals surface area contributed by atoms with Gasteiger partial charge in [-0.05, 0) is 0 Å². The van der Waals surface area contributed by atoms with Crippen LogP contribution in [0.4, 0.5) is 0 Å². The van der Waals surface area contributed by atoms with Gasteiger partial charge in [0.25, 0.3) is 0 Å². The number of pyridine rings is 1. The van der Waals surface area contributed by atoms with E-state index in [4.69, 9.17) is 0 Å². The molecule has 1 N–H and O–H groups in total. The summed E-state index contributed by atoms with van der Waals surface area (Å²) in [5, 5.41) is 4.48. The van der Waals surface area contributed by atoms with Gasteiger partial charge in [0, 0.05) is 0 Å². The van der Waals surface area contributed by atoms with Crippen molar-refractivity contribution in [3.63, 3.8) is 0 Å². The molecule has 0 spiro atoms. The summed E-state index contributed by atoms with van der Waals surface area (Å²) in [7, 11) is 0. The average molecular weight is 350 g/mol. The zero-order chi connectivity index (χ0) is 14.7. The van der Waals surface area contributed by atoms with Crippen LogP contribution in [0, 0.1) is 11.8 Å². The van der Waals surface area contributed by atoms with Crippen molar-refractivity contribution in [2.75, 3.05) is 13.1 Å². The van der Waals surface area contributed by atoms with Crippen molar-refractivity contribution in [2.45, 2.75) is 32.6 Å². The molecular formula is C16H23N4Se. The number of fused-ring (bicyclic) bond motifs is 4. The SMILES string of the molecule is C/C(=N/NC(=[SeH])N1CC2CCC(CC2)C1)c1ccccn1. The molecule has 0 unspecified atom stereocenters. The van der Waals surface area contributed by atoms with Gasteiger partial charge in [0.1, 0.15) is 0 Å². The van der Waals surface area contributed by atoms with Crippen molar-refractivity contribution in [1.29, 1.82) is 0 Å². The molecule has 1 radical (unpaired) electrons. The van der Waals surface area contributed by atoms with E-state index in [1.54, 1.807) is 6.20 Å². The molecule has 0 amide bonds. The molecule has 0 aromatic carbocycles. The Balaban J connectivity index is 1.61. The first kappa shape index (κ1) is 14.9. The summed E-state index contributed by atoms with van der Waals surface area (Å²) >= 11 is 2.65. The number of nitrogens with one attached hydrogen (secondary N) is 1. The number of aromatic nitrogens is 1. The Morgan fingerprint density at radius 1 is 1.24 bits per heavy atom. The molecule has 3 fully saturated rings. The Morgan fingerprint density at radius 2 is 1.90 bits per heavy atom. The summed E-state index contributed by atoms with van der Waals surface area (Å²) in [6.45, 7) is 4.33. The summed E-state index contributed by atoms with van der Waals surface area (Å²) < 4.78 is 1.11. The second-order valence-electron chi connectivity index (χ2n) is 6.14. The predicted molar refractivity (Wildman–Crippen MR) is 88.8 cm³/mol. The van der Waals surface area contributed by atoms with Crippen molar-refractivity contribution in [2.24, 2.45) is 16.9 Å². The molecule has 113 valence electrons. The van der Waals surface area contributed by atoms with Crippen LogP contribution in [0.5, 0.6) is 0 Å². The third-order valence-corrected chi connectivity index (χ3v) is 5.39. The third-order valence-electron chi connectivity index (χ3n) is 4.58. The first-order valence-electron chi connectivity index (χ1n) is 7.75. The van der Waals surface area contributed by atoms with Crippen LogP contribution in [0.25, 0.3) is 0 Å². The van der Waals surface area contributed by atoms with Crippen LogP contribution in [0.3, 0.4) is 0 Å². The van der Waals surface area contributed by atoms with Crippen molar-refractivity contribution < 1.29 is 0 Å². The molecule has 2 aliphatic heterocycles. The molecule has 1 saturated carbocycles. The summed E-state index contributed by atoms with van der Waals surface area (Å²) in [6.07, 6.45) is 7.40. The zero-order valence-electron chi connectivity index (χ0n) is 12.5. The second-order valence-corrected chi connectivity index (χ2v) is 7.03. The maximum atomic E-state index is 4.48. The van der Waals surface area contributed by atoms with Gasteiger partial charge in [-0.1, -0.05) is 0 Å². The van der Waals surface area contributed by atoms with Gasteiger partial charge < -0.3 is 0 Å². The Hall–Kier alpha value is -1.03. The standard InChI is InChI=1S/C16H23N4Se/c1-12(15-4-2-3-9-17-15)18-19-16(21)20-10-13-5-6-14(11-20)8-7-13/h2-4,9,13-14,19,21H,5-8,10-11H2,1H3/b18-12-. The number of hydrogen-bond donors (Lipinski definition) is 1. The number of nitrogens with zero attached hydrogens (tertiary/aromatic N) is 3. The van der Waals surface area contributed by atoms with E-state index in [1.165, 1.54) is 38.8 Å². The van der Waals surface area contributed by atoms with E-state index in [0.29, 0.717) is 0 Å². The van der Waals surface area contributed by atoms with Gasteiger partial charge in [-0.15, -0.1) is 0 Å². The van der Waals surface area contributed by atoms with Crippen LogP contribution in [0.1, 0.15) is 38.3 Å². The van der Waals surface area contributed by atoms with Gasteiger partial charge in [0.2, 0.25) is 0 Å². The molecule has 1 aromatic rings. The molecule has 1 aliphatic carbocycles. The third kappa shape index (κ3) is 3.79. The summed E-state index contributed by atoms with van der Waals surface area (Å²) in [5.41, 5.74) is 5.04. The normalized spacial score (nSPS) is 26.4. The minimum atomic E-state index is 0.866. The van der Waals surface area contributed by atoms with Crippen molar-refractivity contribution in [1.82, 2.24) is 15.3 Å². The van der Waals surface area contributed by atoms with Crippen LogP contribution in [-0.2, 0) is 0 Å². The molecule has 3 heterocycles. The average Bonchev–Trinajstić information content (AvgIpc) is 2.87. The van der Waals surface area contributed by atoms with E-state index >= 15 is 0 Å². The van der Waals surface area contributed by atoms with E-state index in [2.05, 4.69) is 36.0 Å². The molecule has 3 aliphatic rings. The maximum absolute atomic E-state index is 4.48. The number of rotatable bonds is 4. The summed E-state index contributed by atoms with van der Waals surface area (Å²) in [6, 6.07) is 5.89. The van der Waals surface area contributed by atoms with Gasteiger partial charge in [-0.2, -0.15) is 0 Å². The van der Waals surface area contributed by atoms with E-state index < -0.39 is 0 Å². The van der Waals surface area contributed by atoms with Crippen LogP contribution < -0.4 is 5.43 Å². The van der Waals surface area contributed by atoms with Gasteiger partial charge in [-0.25, -0.2) is 0 Å². The first-order valence-corrected chi connectivity index (χ1v) is 8.69. The molecule has 4 nitrogen and oxygen atoms in total. The van der Waals surface area contributed by atoms with Crippen LogP contribution in [0.15, 0.2) is 29.5 Å². The van der Waals surface area contributed by atoms with Crippen molar-refractivity contribution >= 4 is 26.0 Å². The summed E-state index contributed by atoms with van der Waals surface area (Å²) in [4.78, 5) is 6.78. The molecule has 0 atom stereocenters. The van der Waals surface area contributed by atoms with Crippen LogP contribution >= 0.6 is 0 Å². The van der Waals surface area contributed by atoms with E-state index in [0.717, 1.165) is 27.9 Å². The van der Waals surface area contributed by atoms with Crippen LogP contribution in [-0.4, -0.2) is 48.9 Å². The molecule has 2 saturated heterocycles. The first-order chi connectivity index (χ1) is 10.2. The minimum absolute atomic E-state index is 0.866. The molecule has 21 heavy (non-hydrogen) atoms. The monoisotopic (exact) mass is 351 g/mol. The van der Waals surface area contributed by atoms with E-state index in [9.17, 15) is 0 Å². The Bertz CT molecular complexity index is 506. The van der Waals surface area contributed by atoms with E-state index in [-0.39, 0.29) is 0 Å². The van der Waals surface area contributed by atoms with Crippen molar-refractivity contribution in [3.8, 4) is 0 Å². The fourth-order valence-corrected chi connectivity index (χ4v) is 3.75. The fraction of sp³-hybridized carbons (Fsp3) is 0.562. The van der Waals surface area contributed by atoms with E-state index in [1.807, 2.05) is 25.1 Å². The van der Waals surface area contributed by atoms with Crippen LogP contribution in [0.2, 0.25) is 0 Å². The Morgan fingerprint density at radius 3 is 2.48 bits per heavy atom. The summed E-state index contributed by atoms with van der Waals surface area (Å²) in [5.74, 6) is 1.73. The molecular weight excluding hydrogens is 327 g/mol. The molecule has 4 rings (SSSR count).